The first-order valence-corrected chi connectivity index (χ1v) is 11.0. The van der Waals surface area contributed by atoms with E-state index >= 15 is 0 Å². The number of nitrogens with two attached hydrogens (primary N) is 1. The second-order valence-corrected chi connectivity index (χ2v) is 8.97. The molecular formula is C17H16F3N5O4S2. The summed E-state index contributed by atoms with van der Waals surface area (Å²) in [4.78, 5) is 29.9. The summed E-state index contributed by atoms with van der Waals surface area (Å²) in [5, 5.41) is 7.52. The van der Waals surface area contributed by atoms with Crippen LogP contribution >= 0.6 is 11.8 Å². The molecule has 0 radical (unpaired) electrons. The molecule has 1 aliphatic rings. The fraction of sp³-hybridized carbons (Fsp3) is 0.235. The molecule has 0 aliphatic carbocycles. The SMILES string of the molecule is CC(c1ccncc1NS(N)(=O)=O)C1NC(=O)N(c2ccc(SC(F)(F)F)cc2)C1=O. The highest BCUT2D eigenvalue weighted by atomic mass is 32.2. The van der Waals surface area contributed by atoms with Crippen molar-refractivity contribution in [1.82, 2.24) is 10.3 Å². The van der Waals surface area contributed by atoms with E-state index < -0.39 is 39.6 Å². The number of urea groups is 1. The molecule has 2 aromatic rings. The van der Waals surface area contributed by atoms with E-state index in [0.717, 1.165) is 17.0 Å². The topological polar surface area (TPSA) is 134 Å². The number of nitrogens with zero attached hydrogens (tertiary/aromatic N) is 2. The molecule has 0 bridgehead atoms. The van der Waals surface area contributed by atoms with Crippen LogP contribution < -0.4 is 20.1 Å². The number of thioether (sulfide) groups is 1. The highest BCUT2D eigenvalue weighted by Crippen LogP contribution is 2.38. The normalized spacial score (nSPS) is 18.1. The number of alkyl halides is 3. The van der Waals surface area contributed by atoms with Crippen molar-refractivity contribution in [2.45, 2.75) is 29.3 Å². The smallest absolute Gasteiger partial charge is 0.325 e. The molecule has 0 spiro atoms. The third-order valence-corrected chi connectivity index (χ3v) is 5.64. The van der Waals surface area contributed by atoms with Gasteiger partial charge in [-0.25, -0.2) is 14.8 Å². The lowest BCUT2D eigenvalue weighted by Crippen LogP contribution is -2.35. The first-order valence-electron chi connectivity index (χ1n) is 8.60. The fourth-order valence-electron chi connectivity index (χ4n) is 3.10. The van der Waals surface area contributed by atoms with Gasteiger partial charge in [-0.2, -0.15) is 21.6 Å². The predicted octanol–water partition coefficient (Wildman–Crippen LogP) is 2.54. The molecule has 1 aromatic heterocycles. The Kier molecular flexibility index (Phi) is 6.16. The van der Waals surface area contributed by atoms with E-state index in [1.165, 1.54) is 30.6 Å². The van der Waals surface area contributed by atoms with Crippen molar-refractivity contribution >= 4 is 45.3 Å². The van der Waals surface area contributed by atoms with Crippen molar-refractivity contribution in [3.05, 3.63) is 48.3 Å². The summed E-state index contributed by atoms with van der Waals surface area (Å²) in [7, 11) is -4.11. The number of hydrogen-bond acceptors (Lipinski definition) is 6. The Balaban J connectivity index is 1.84. The van der Waals surface area contributed by atoms with Crippen LogP contribution in [0.25, 0.3) is 0 Å². The lowest BCUT2D eigenvalue weighted by molar-refractivity contribution is -0.118. The van der Waals surface area contributed by atoms with Crippen LogP contribution in [0.2, 0.25) is 0 Å². The van der Waals surface area contributed by atoms with Crippen molar-refractivity contribution in [2.24, 2.45) is 5.14 Å². The lowest BCUT2D eigenvalue weighted by atomic mass is 9.93. The number of pyridine rings is 1. The van der Waals surface area contributed by atoms with E-state index in [4.69, 9.17) is 5.14 Å². The second-order valence-electron chi connectivity index (χ2n) is 6.54. The number of halogens is 3. The minimum atomic E-state index is -4.46. The minimum Gasteiger partial charge on any atom is -0.325 e. The van der Waals surface area contributed by atoms with Gasteiger partial charge < -0.3 is 5.32 Å². The number of anilines is 2. The summed E-state index contributed by atoms with van der Waals surface area (Å²) in [6, 6.07) is 4.44. The monoisotopic (exact) mass is 475 g/mol. The van der Waals surface area contributed by atoms with E-state index in [9.17, 15) is 31.2 Å². The Morgan fingerprint density at radius 1 is 1.23 bits per heavy atom. The maximum Gasteiger partial charge on any atom is 0.446 e. The molecule has 14 heteroatoms. The Labute approximate surface area is 179 Å². The molecule has 1 aromatic carbocycles. The molecule has 4 N–H and O–H groups in total. The van der Waals surface area contributed by atoms with E-state index in [-0.39, 0.29) is 28.0 Å². The van der Waals surface area contributed by atoms with E-state index in [0.29, 0.717) is 5.56 Å². The Bertz CT molecular complexity index is 1110. The maximum absolute atomic E-state index is 12.9. The zero-order chi connectivity index (χ0) is 23.0. The van der Waals surface area contributed by atoms with Crippen LogP contribution in [0.15, 0.2) is 47.6 Å². The molecule has 2 heterocycles. The molecular weight excluding hydrogens is 459 g/mol. The molecule has 1 saturated heterocycles. The fourth-order valence-corrected chi connectivity index (χ4v) is 4.12. The number of hydrogen-bond donors (Lipinski definition) is 3. The summed E-state index contributed by atoms with van der Waals surface area (Å²) in [6.45, 7) is 1.60. The van der Waals surface area contributed by atoms with Gasteiger partial charge in [-0.15, -0.1) is 0 Å². The minimum absolute atomic E-state index is 0.0477. The molecule has 2 atom stereocenters. The van der Waals surface area contributed by atoms with E-state index in [1.54, 1.807) is 6.92 Å². The number of carbonyl (C=O) groups is 2. The molecule has 166 valence electrons. The molecule has 3 rings (SSSR count). The van der Waals surface area contributed by atoms with Gasteiger partial charge in [-0.05, 0) is 47.7 Å². The average molecular weight is 475 g/mol. The number of carbonyl (C=O) groups excluding carboxylic acids is 2. The Hall–Kier alpha value is -2.84. The Morgan fingerprint density at radius 3 is 2.45 bits per heavy atom. The second kappa shape index (κ2) is 8.36. The van der Waals surface area contributed by atoms with Gasteiger partial charge in [-0.3, -0.25) is 14.5 Å². The van der Waals surface area contributed by atoms with Gasteiger partial charge in [0, 0.05) is 17.0 Å². The number of amides is 3. The summed E-state index contributed by atoms with van der Waals surface area (Å²) in [5.74, 6) is -1.33. The van der Waals surface area contributed by atoms with Crippen LogP contribution in [0.1, 0.15) is 18.4 Å². The lowest BCUT2D eigenvalue weighted by Gasteiger charge is -2.21. The van der Waals surface area contributed by atoms with Crippen LogP contribution in [0.4, 0.5) is 29.3 Å². The van der Waals surface area contributed by atoms with Crippen molar-refractivity contribution in [3.63, 3.8) is 0 Å². The van der Waals surface area contributed by atoms with Gasteiger partial charge in [0.05, 0.1) is 17.6 Å². The van der Waals surface area contributed by atoms with Gasteiger partial charge in [0.15, 0.2) is 0 Å². The summed E-state index contributed by atoms with van der Waals surface area (Å²) in [5.41, 5.74) is -3.95. The quantitative estimate of drug-likeness (QED) is 0.434. The van der Waals surface area contributed by atoms with Crippen LogP contribution in [0.5, 0.6) is 0 Å². The molecule has 3 amide bonds. The van der Waals surface area contributed by atoms with Gasteiger partial charge in [0.2, 0.25) is 0 Å². The van der Waals surface area contributed by atoms with Crippen LogP contribution in [-0.2, 0) is 15.0 Å². The first-order chi connectivity index (χ1) is 14.4. The summed E-state index contributed by atoms with van der Waals surface area (Å²) < 4.78 is 62.3. The van der Waals surface area contributed by atoms with Crippen LogP contribution in [-0.4, -0.2) is 36.9 Å². The molecule has 9 nitrogen and oxygen atoms in total. The Morgan fingerprint density at radius 2 is 1.87 bits per heavy atom. The molecule has 1 fully saturated rings. The van der Waals surface area contributed by atoms with Gasteiger partial charge in [0.1, 0.15) is 6.04 Å². The van der Waals surface area contributed by atoms with E-state index in [1.807, 2.05) is 0 Å². The number of nitrogens with one attached hydrogen (secondary N) is 2. The van der Waals surface area contributed by atoms with Crippen molar-refractivity contribution in [1.29, 1.82) is 0 Å². The average Bonchev–Trinajstić information content (AvgIpc) is 2.94. The third kappa shape index (κ3) is 5.45. The van der Waals surface area contributed by atoms with Gasteiger partial charge in [-0.1, -0.05) is 6.92 Å². The largest absolute Gasteiger partial charge is 0.446 e. The zero-order valence-corrected chi connectivity index (χ0v) is 17.4. The zero-order valence-electron chi connectivity index (χ0n) is 15.8. The van der Waals surface area contributed by atoms with Crippen molar-refractivity contribution < 1.29 is 31.2 Å². The van der Waals surface area contributed by atoms with Crippen LogP contribution in [0.3, 0.4) is 0 Å². The van der Waals surface area contributed by atoms with Gasteiger partial charge >= 0.3 is 11.5 Å². The number of benzene rings is 1. The standard InChI is InChI=1S/C17H16F3N5O4S2/c1-9(12-6-7-22-8-13(12)24-31(21,28)29)14-15(26)25(16(27)23-14)10-2-4-11(5-3-10)30-17(18,19)20/h2-9,14,24H,1H3,(H,23,27)(H2,21,28,29). The van der Waals surface area contributed by atoms with E-state index in [2.05, 4.69) is 15.0 Å². The van der Waals surface area contributed by atoms with Gasteiger partial charge in [0.25, 0.3) is 16.1 Å². The number of rotatable bonds is 6. The molecule has 2 unspecified atom stereocenters. The van der Waals surface area contributed by atoms with Crippen molar-refractivity contribution in [2.75, 3.05) is 9.62 Å². The van der Waals surface area contributed by atoms with Crippen molar-refractivity contribution in [3.8, 4) is 0 Å². The molecule has 0 saturated carbocycles. The molecule has 1 aliphatic heterocycles. The summed E-state index contributed by atoms with van der Waals surface area (Å²) in [6.07, 6.45) is 2.60. The first kappa shape index (κ1) is 22.8. The molecule has 31 heavy (non-hydrogen) atoms. The van der Waals surface area contributed by atoms with Crippen LogP contribution in [0, 0.1) is 0 Å². The summed E-state index contributed by atoms with van der Waals surface area (Å²) >= 11 is -0.314. The highest BCUT2D eigenvalue weighted by molar-refractivity contribution is 8.00. The predicted molar refractivity (Wildman–Crippen MR) is 108 cm³/mol. The third-order valence-electron chi connectivity index (χ3n) is 4.39. The number of aromatic nitrogens is 1. The number of imide groups is 1. The maximum atomic E-state index is 12.9. The highest BCUT2D eigenvalue weighted by Gasteiger charge is 2.43.